The van der Waals surface area contributed by atoms with Crippen LogP contribution in [0.3, 0.4) is 0 Å². The number of hydrogen-bond acceptors (Lipinski definition) is 6. The number of carbonyl (C=O) groups is 2. The molecule has 0 bridgehead atoms. The standard InChI is InChI=1S/C26H36ClN5O5S/c1-19(2)28-26(34)31-13-11-30(12-14-31)21-7-10-23(27)24(17-21)29-25(33)18-32(15-16-37-4)38(35,36)22-8-5-20(3)6-9-22/h5-10,17,19H,11-16,18H2,1-4H3,(H,28,34)(H,29,33). The number of nitrogens with zero attached hydrogens (tertiary/aromatic N) is 3. The van der Waals surface area contributed by atoms with Gasteiger partial charge in [0.25, 0.3) is 0 Å². The van der Waals surface area contributed by atoms with Crippen LogP contribution >= 0.6 is 11.6 Å². The van der Waals surface area contributed by atoms with Gasteiger partial charge in [0, 0.05) is 51.6 Å². The van der Waals surface area contributed by atoms with Crippen LogP contribution in [0.1, 0.15) is 19.4 Å². The second-order valence-electron chi connectivity index (χ2n) is 9.44. The van der Waals surface area contributed by atoms with E-state index in [-0.39, 0.29) is 30.1 Å². The molecule has 38 heavy (non-hydrogen) atoms. The number of hydrogen-bond donors (Lipinski definition) is 2. The summed E-state index contributed by atoms with van der Waals surface area (Å²) in [7, 11) is -2.45. The maximum absolute atomic E-state index is 13.2. The Kier molecular flexibility index (Phi) is 10.4. The molecule has 0 radical (unpaired) electrons. The second kappa shape index (κ2) is 13.3. The first-order valence-electron chi connectivity index (χ1n) is 12.5. The number of rotatable bonds is 10. The molecule has 1 heterocycles. The fraction of sp³-hybridized carbons (Fsp3) is 0.462. The topological polar surface area (TPSA) is 111 Å². The predicted molar refractivity (Wildman–Crippen MR) is 149 cm³/mol. The number of aryl methyl sites for hydroxylation is 1. The lowest BCUT2D eigenvalue weighted by atomic mass is 10.2. The van der Waals surface area contributed by atoms with E-state index in [1.165, 1.54) is 19.2 Å². The van der Waals surface area contributed by atoms with E-state index in [0.717, 1.165) is 15.6 Å². The van der Waals surface area contributed by atoms with Gasteiger partial charge >= 0.3 is 6.03 Å². The third-order valence-electron chi connectivity index (χ3n) is 6.09. The molecule has 1 saturated heterocycles. The Balaban J connectivity index is 1.69. The molecule has 0 aliphatic carbocycles. The summed E-state index contributed by atoms with van der Waals surface area (Å²) < 4.78 is 32.6. The third-order valence-corrected chi connectivity index (χ3v) is 8.28. The predicted octanol–water partition coefficient (Wildman–Crippen LogP) is 3.16. The fourth-order valence-corrected chi connectivity index (χ4v) is 5.54. The lowest BCUT2D eigenvalue weighted by Gasteiger charge is -2.36. The highest BCUT2D eigenvalue weighted by atomic mass is 35.5. The number of urea groups is 1. The molecule has 0 unspecified atom stereocenters. The maximum atomic E-state index is 13.2. The van der Waals surface area contributed by atoms with Crippen LogP contribution in [0.5, 0.6) is 0 Å². The van der Waals surface area contributed by atoms with E-state index in [9.17, 15) is 18.0 Å². The first-order valence-corrected chi connectivity index (χ1v) is 14.3. The summed E-state index contributed by atoms with van der Waals surface area (Å²) in [6.07, 6.45) is 0. The number of sulfonamides is 1. The lowest BCUT2D eigenvalue weighted by Crippen LogP contribution is -2.52. The summed E-state index contributed by atoms with van der Waals surface area (Å²) in [5.41, 5.74) is 2.16. The zero-order valence-electron chi connectivity index (χ0n) is 22.2. The summed E-state index contributed by atoms with van der Waals surface area (Å²) >= 11 is 6.37. The molecule has 2 aromatic carbocycles. The van der Waals surface area contributed by atoms with Crippen molar-refractivity contribution in [1.29, 1.82) is 0 Å². The van der Waals surface area contributed by atoms with Gasteiger partial charge in [0.1, 0.15) is 0 Å². The van der Waals surface area contributed by atoms with Gasteiger partial charge < -0.3 is 25.2 Å². The molecule has 3 amide bonds. The van der Waals surface area contributed by atoms with Crippen molar-refractivity contribution in [3.8, 4) is 0 Å². The fourth-order valence-electron chi connectivity index (χ4n) is 4.00. The third kappa shape index (κ3) is 7.83. The minimum absolute atomic E-state index is 0.0164. The molecule has 10 nitrogen and oxygen atoms in total. The Hall–Kier alpha value is -2.86. The van der Waals surface area contributed by atoms with Gasteiger partial charge in [0.05, 0.1) is 28.8 Å². The second-order valence-corrected chi connectivity index (χ2v) is 11.8. The molecule has 12 heteroatoms. The van der Waals surface area contributed by atoms with Crippen molar-refractivity contribution < 1.29 is 22.7 Å². The molecule has 2 N–H and O–H groups in total. The van der Waals surface area contributed by atoms with Crippen LogP contribution in [0.4, 0.5) is 16.2 Å². The van der Waals surface area contributed by atoms with Gasteiger partial charge in [-0.15, -0.1) is 0 Å². The number of methoxy groups -OCH3 is 1. The smallest absolute Gasteiger partial charge is 0.317 e. The molecule has 1 fully saturated rings. The minimum Gasteiger partial charge on any atom is -0.383 e. The molecule has 3 rings (SSSR count). The number of nitrogens with one attached hydrogen (secondary N) is 2. The van der Waals surface area contributed by atoms with Gasteiger partial charge in [-0.05, 0) is 51.1 Å². The van der Waals surface area contributed by atoms with Crippen molar-refractivity contribution >= 4 is 44.9 Å². The molecule has 0 atom stereocenters. The summed E-state index contributed by atoms with van der Waals surface area (Å²) in [6.45, 7) is 7.84. The van der Waals surface area contributed by atoms with E-state index < -0.39 is 22.5 Å². The van der Waals surface area contributed by atoms with E-state index >= 15 is 0 Å². The average Bonchev–Trinajstić information content (AvgIpc) is 2.87. The Bertz CT molecular complexity index is 1220. The normalized spacial score (nSPS) is 14.2. The molecular formula is C26H36ClN5O5S. The highest BCUT2D eigenvalue weighted by Crippen LogP contribution is 2.28. The molecule has 0 spiro atoms. The number of benzene rings is 2. The molecule has 208 valence electrons. The quantitative estimate of drug-likeness (QED) is 0.458. The number of ether oxygens (including phenoxy) is 1. The van der Waals surface area contributed by atoms with Gasteiger partial charge in [-0.25, -0.2) is 13.2 Å². The Morgan fingerprint density at radius 1 is 1.08 bits per heavy atom. The SMILES string of the molecule is COCCN(CC(=O)Nc1cc(N2CCN(C(=O)NC(C)C)CC2)ccc1Cl)S(=O)(=O)c1ccc(C)cc1. The van der Waals surface area contributed by atoms with E-state index in [1.807, 2.05) is 26.8 Å². The largest absolute Gasteiger partial charge is 0.383 e. The van der Waals surface area contributed by atoms with Crippen LogP contribution in [-0.4, -0.2) is 88.6 Å². The van der Waals surface area contributed by atoms with Crippen LogP contribution in [0.15, 0.2) is 47.4 Å². The highest BCUT2D eigenvalue weighted by molar-refractivity contribution is 7.89. The highest BCUT2D eigenvalue weighted by Gasteiger charge is 2.27. The van der Waals surface area contributed by atoms with E-state index in [4.69, 9.17) is 16.3 Å². The molecular weight excluding hydrogens is 530 g/mol. The number of amides is 3. The first kappa shape index (κ1) is 29.7. The number of carbonyl (C=O) groups excluding carboxylic acids is 2. The number of halogens is 1. The zero-order valence-corrected chi connectivity index (χ0v) is 23.8. The van der Waals surface area contributed by atoms with E-state index in [1.54, 1.807) is 29.2 Å². The summed E-state index contributed by atoms with van der Waals surface area (Å²) in [5.74, 6) is -0.522. The van der Waals surface area contributed by atoms with Crippen LogP contribution in [0.2, 0.25) is 5.02 Å². The van der Waals surface area contributed by atoms with Crippen LogP contribution in [-0.2, 0) is 19.6 Å². The van der Waals surface area contributed by atoms with Gasteiger partial charge in [0.15, 0.2) is 0 Å². The van der Waals surface area contributed by atoms with Gasteiger partial charge in [0.2, 0.25) is 15.9 Å². The van der Waals surface area contributed by atoms with Crippen LogP contribution in [0, 0.1) is 6.92 Å². The van der Waals surface area contributed by atoms with Crippen molar-refractivity contribution in [3.63, 3.8) is 0 Å². The van der Waals surface area contributed by atoms with Gasteiger partial charge in [-0.1, -0.05) is 29.3 Å². The molecule has 1 aliphatic heterocycles. The Morgan fingerprint density at radius 3 is 2.34 bits per heavy atom. The summed E-state index contributed by atoms with van der Waals surface area (Å²) in [6, 6.07) is 11.8. The lowest BCUT2D eigenvalue weighted by molar-refractivity contribution is -0.116. The summed E-state index contributed by atoms with van der Waals surface area (Å²) in [4.78, 5) is 29.3. The van der Waals surface area contributed by atoms with Crippen molar-refractivity contribution in [2.24, 2.45) is 0 Å². The molecule has 2 aromatic rings. The Morgan fingerprint density at radius 2 is 1.74 bits per heavy atom. The average molecular weight is 566 g/mol. The van der Waals surface area contributed by atoms with E-state index in [2.05, 4.69) is 15.5 Å². The van der Waals surface area contributed by atoms with Crippen LogP contribution < -0.4 is 15.5 Å². The van der Waals surface area contributed by atoms with Crippen LogP contribution in [0.25, 0.3) is 0 Å². The molecule has 0 saturated carbocycles. The maximum Gasteiger partial charge on any atom is 0.317 e. The van der Waals surface area contributed by atoms with Gasteiger partial charge in [-0.3, -0.25) is 4.79 Å². The molecule has 1 aliphatic rings. The Labute approximate surface area is 229 Å². The number of piperazine rings is 1. The summed E-state index contributed by atoms with van der Waals surface area (Å²) in [5, 5.41) is 6.00. The van der Waals surface area contributed by atoms with Crippen molar-refractivity contribution in [3.05, 3.63) is 53.1 Å². The van der Waals surface area contributed by atoms with E-state index in [0.29, 0.717) is 36.9 Å². The van der Waals surface area contributed by atoms with Gasteiger partial charge in [-0.2, -0.15) is 4.31 Å². The minimum atomic E-state index is -3.92. The number of anilines is 2. The first-order chi connectivity index (χ1) is 18.0. The van der Waals surface area contributed by atoms with Crippen molar-refractivity contribution in [1.82, 2.24) is 14.5 Å². The van der Waals surface area contributed by atoms with Crippen molar-refractivity contribution in [2.45, 2.75) is 31.7 Å². The molecule has 0 aromatic heterocycles. The van der Waals surface area contributed by atoms with Crippen molar-refractivity contribution in [2.75, 3.05) is 63.2 Å². The monoisotopic (exact) mass is 565 g/mol. The zero-order chi connectivity index (χ0) is 27.9.